The molecule has 2 aromatic rings. The van der Waals surface area contributed by atoms with Crippen molar-refractivity contribution in [3.8, 4) is 11.1 Å². The number of carbonyl (C=O) groups is 1. The smallest absolute Gasteiger partial charge is 0.410 e. The number of benzene rings is 2. The van der Waals surface area contributed by atoms with Gasteiger partial charge in [0.05, 0.1) is 5.60 Å². The molecule has 2 aromatic carbocycles. The molecule has 1 N–H and O–H groups in total. The molecule has 1 aliphatic carbocycles. The van der Waals surface area contributed by atoms with Gasteiger partial charge in [-0.3, -0.25) is 4.90 Å². The van der Waals surface area contributed by atoms with Gasteiger partial charge in [-0.1, -0.05) is 48.5 Å². The van der Waals surface area contributed by atoms with Crippen LogP contribution in [-0.2, 0) is 4.74 Å². The molecular weight excluding hydrogens is 364 g/mol. The van der Waals surface area contributed by atoms with Crippen LogP contribution in [0, 0.1) is 0 Å². The van der Waals surface area contributed by atoms with Gasteiger partial charge in [0.2, 0.25) is 0 Å². The van der Waals surface area contributed by atoms with Crippen LogP contribution in [0.1, 0.15) is 37.8 Å². The molecule has 1 saturated heterocycles. The first-order chi connectivity index (χ1) is 13.8. The van der Waals surface area contributed by atoms with Gasteiger partial charge in [-0.05, 0) is 43.0 Å². The average Bonchev–Trinajstić information content (AvgIpc) is 2.99. The lowest BCUT2D eigenvalue weighted by molar-refractivity contribution is 0.00220. The maximum Gasteiger partial charge on any atom is 0.410 e. The van der Waals surface area contributed by atoms with E-state index in [-0.39, 0.29) is 18.1 Å². The van der Waals surface area contributed by atoms with Gasteiger partial charge in [-0.2, -0.15) is 0 Å². The fraction of sp³-hybridized carbons (Fsp3) is 0.458. The predicted octanol–water partition coefficient (Wildman–Crippen LogP) is 3.71. The Bertz CT molecular complexity index is 844. The van der Waals surface area contributed by atoms with Crippen molar-refractivity contribution in [1.29, 1.82) is 0 Å². The van der Waals surface area contributed by atoms with E-state index in [1.54, 1.807) is 0 Å². The van der Waals surface area contributed by atoms with Crippen LogP contribution in [0.2, 0.25) is 0 Å². The molecule has 4 rings (SSSR count). The number of nitrogens with zero attached hydrogens (tertiary/aromatic N) is 2. The molecule has 1 amide bonds. The summed E-state index contributed by atoms with van der Waals surface area (Å²) < 4.78 is 5.80. The number of ether oxygens (including phenoxy) is 1. The summed E-state index contributed by atoms with van der Waals surface area (Å²) in [6, 6.07) is 16.8. The number of β-amino-alcohol motifs (C(OH)–C–C–N with tert-alkyl or cyclic N) is 1. The zero-order valence-electron chi connectivity index (χ0n) is 17.5. The standard InChI is InChI=1S/C24H30N2O3/c1-17-14-25(16-24(2,3)28)12-13-26(17)23(27)29-15-22-20-10-6-4-8-18(20)19-9-5-7-11-21(19)22/h4-11,17,22,28H,12-16H2,1-3H3. The Labute approximate surface area is 172 Å². The van der Waals surface area contributed by atoms with E-state index in [1.807, 2.05) is 37.8 Å². The van der Waals surface area contributed by atoms with Crippen molar-refractivity contribution in [2.24, 2.45) is 0 Å². The SMILES string of the molecule is CC1CN(CC(C)(C)O)CCN1C(=O)OCC1c2ccccc2-c2ccccc21. The molecule has 5 nitrogen and oxygen atoms in total. The second-order valence-corrected chi connectivity index (χ2v) is 8.89. The lowest BCUT2D eigenvalue weighted by Gasteiger charge is -2.41. The zero-order chi connectivity index (χ0) is 20.6. The summed E-state index contributed by atoms with van der Waals surface area (Å²) in [5.41, 5.74) is 4.19. The van der Waals surface area contributed by atoms with E-state index in [0.29, 0.717) is 19.7 Å². The van der Waals surface area contributed by atoms with Crippen molar-refractivity contribution in [1.82, 2.24) is 9.80 Å². The topological polar surface area (TPSA) is 53.0 Å². The van der Waals surface area contributed by atoms with Crippen LogP contribution in [0.25, 0.3) is 11.1 Å². The molecule has 0 bridgehead atoms. The Morgan fingerprint density at radius 3 is 2.21 bits per heavy atom. The lowest BCUT2D eigenvalue weighted by atomic mass is 9.98. The molecule has 0 spiro atoms. The summed E-state index contributed by atoms with van der Waals surface area (Å²) in [6.45, 7) is 8.74. The largest absolute Gasteiger partial charge is 0.448 e. The molecule has 1 heterocycles. The minimum Gasteiger partial charge on any atom is -0.448 e. The van der Waals surface area contributed by atoms with E-state index in [0.717, 1.165) is 13.1 Å². The van der Waals surface area contributed by atoms with Gasteiger partial charge in [0.25, 0.3) is 0 Å². The molecule has 5 heteroatoms. The van der Waals surface area contributed by atoms with Crippen LogP contribution >= 0.6 is 0 Å². The first-order valence-corrected chi connectivity index (χ1v) is 10.4. The summed E-state index contributed by atoms with van der Waals surface area (Å²) in [4.78, 5) is 16.8. The van der Waals surface area contributed by atoms with Crippen LogP contribution in [0.5, 0.6) is 0 Å². The summed E-state index contributed by atoms with van der Waals surface area (Å²) >= 11 is 0. The van der Waals surface area contributed by atoms with Crippen molar-refractivity contribution >= 4 is 6.09 Å². The van der Waals surface area contributed by atoms with Crippen LogP contribution in [0.3, 0.4) is 0 Å². The highest BCUT2D eigenvalue weighted by molar-refractivity contribution is 5.79. The first kappa shape index (κ1) is 19.9. The fourth-order valence-electron chi connectivity index (χ4n) is 4.67. The summed E-state index contributed by atoms with van der Waals surface area (Å²) in [5, 5.41) is 10.1. The second-order valence-electron chi connectivity index (χ2n) is 8.89. The molecular formula is C24H30N2O3. The van der Waals surface area contributed by atoms with Crippen molar-refractivity contribution < 1.29 is 14.6 Å². The Morgan fingerprint density at radius 1 is 1.07 bits per heavy atom. The average molecular weight is 395 g/mol. The summed E-state index contributed by atoms with van der Waals surface area (Å²) in [6.07, 6.45) is -0.248. The van der Waals surface area contributed by atoms with Crippen LogP contribution < -0.4 is 0 Å². The Balaban J connectivity index is 1.41. The summed E-state index contributed by atoms with van der Waals surface area (Å²) in [7, 11) is 0. The van der Waals surface area contributed by atoms with Gasteiger partial charge < -0.3 is 14.7 Å². The molecule has 1 fully saturated rings. The van der Waals surface area contributed by atoms with Crippen molar-refractivity contribution in [2.45, 2.75) is 38.3 Å². The van der Waals surface area contributed by atoms with Crippen molar-refractivity contribution in [3.63, 3.8) is 0 Å². The number of hydrogen-bond donors (Lipinski definition) is 1. The highest BCUT2D eigenvalue weighted by atomic mass is 16.6. The maximum atomic E-state index is 12.8. The van der Waals surface area contributed by atoms with Crippen LogP contribution in [0.4, 0.5) is 4.79 Å². The number of hydrogen-bond acceptors (Lipinski definition) is 4. The molecule has 29 heavy (non-hydrogen) atoms. The Kier molecular flexibility index (Phi) is 5.36. The number of piperazine rings is 1. The zero-order valence-corrected chi connectivity index (χ0v) is 17.5. The van der Waals surface area contributed by atoms with Crippen molar-refractivity contribution in [3.05, 3.63) is 59.7 Å². The number of rotatable bonds is 4. The van der Waals surface area contributed by atoms with Crippen LogP contribution in [0.15, 0.2) is 48.5 Å². The highest BCUT2D eigenvalue weighted by Gasteiger charge is 2.33. The van der Waals surface area contributed by atoms with Crippen molar-refractivity contribution in [2.75, 3.05) is 32.8 Å². The maximum absolute atomic E-state index is 12.8. The van der Waals surface area contributed by atoms with Gasteiger partial charge in [-0.15, -0.1) is 0 Å². The lowest BCUT2D eigenvalue weighted by Crippen LogP contribution is -2.56. The molecule has 2 aliphatic rings. The number of aliphatic hydroxyl groups is 1. The van der Waals surface area contributed by atoms with E-state index in [2.05, 4.69) is 41.3 Å². The molecule has 0 saturated carbocycles. The number of fused-ring (bicyclic) bond motifs is 3. The molecule has 0 radical (unpaired) electrons. The quantitative estimate of drug-likeness (QED) is 0.859. The fourth-order valence-corrected chi connectivity index (χ4v) is 4.67. The minimum atomic E-state index is -0.731. The van der Waals surface area contributed by atoms with E-state index in [9.17, 15) is 9.90 Å². The van der Waals surface area contributed by atoms with E-state index < -0.39 is 5.60 Å². The van der Waals surface area contributed by atoms with Gasteiger partial charge in [-0.25, -0.2) is 4.79 Å². The van der Waals surface area contributed by atoms with E-state index >= 15 is 0 Å². The number of amides is 1. The molecule has 154 valence electrons. The summed E-state index contributed by atoms with van der Waals surface area (Å²) in [5.74, 6) is 0.0816. The third kappa shape index (κ3) is 4.16. The predicted molar refractivity (Wildman–Crippen MR) is 114 cm³/mol. The van der Waals surface area contributed by atoms with E-state index in [1.165, 1.54) is 22.3 Å². The third-order valence-corrected chi connectivity index (χ3v) is 5.89. The minimum absolute atomic E-state index is 0.0572. The van der Waals surface area contributed by atoms with Gasteiger partial charge in [0.15, 0.2) is 0 Å². The highest BCUT2D eigenvalue weighted by Crippen LogP contribution is 2.44. The Hall–Kier alpha value is -2.37. The molecule has 1 atom stereocenters. The normalized spacial score (nSPS) is 19.7. The third-order valence-electron chi connectivity index (χ3n) is 5.89. The van der Waals surface area contributed by atoms with Gasteiger partial charge in [0.1, 0.15) is 6.61 Å². The molecule has 1 aliphatic heterocycles. The Morgan fingerprint density at radius 2 is 1.66 bits per heavy atom. The second kappa shape index (κ2) is 7.81. The molecule has 0 aromatic heterocycles. The van der Waals surface area contributed by atoms with Gasteiger partial charge in [0, 0.05) is 38.1 Å². The van der Waals surface area contributed by atoms with Gasteiger partial charge >= 0.3 is 6.09 Å². The van der Waals surface area contributed by atoms with E-state index in [4.69, 9.17) is 4.74 Å². The molecule has 1 unspecified atom stereocenters. The first-order valence-electron chi connectivity index (χ1n) is 10.4. The number of carbonyl (C=O) groups excluding carboxylic acids is 1. The van der Waals surface area contributed by atoms with Crippen LogP contribution in [-0.4, -0.2) is 65.4 Å². The monoisotopic (exact) mass is 394 g/mol.